The Hall–Kier alpha value is -1.62. The Bertz CT molecular complexity index is 452. The smallest absolute Gasteiger partial charge is 0.172 e. The minimum absolute atomic E-state index is 0.693. The van der Waals surface area contributed by atoms with Gasteiger partial charge < -0.3 is 15.1 Å². The molecule has 98 valence electrons. The van der Waals surface area contributed by atoms with E-state index in [0.29, 0.717) is 5.11 Å². The number of hydrogen-bond acceptors (Lipinski definition) is 2. The number of aryl methyl sites for hydroxylation is 1. The van der Waals surface area contributed by atoms with Crippen molar-refractivity contribution in [3.63, 3.8) is 0 Å². The first-order valence-electron chi connectivity index (χ1n) is 5.69. The van der Waals surface area contributed by atoms with Gasteiger partial charge in [0.2, 0.25) is 0 Å². The minimum Gasteiger partial charge on any atom is -0.369 e. The third kappa shape index (κ3) is 4.33. The van der Waals surface area contributed by atoms with Crippen LogP contribution in [0.3, 0.4) is 0 Å². The number of nitrogens with one attached hydrogen (secondary N) is 1. The number of nitrogens with zero attached hydrogens (tertiary/aromatic N) is 3. The summed E-state index contributed by atoms with van der Waals surface area (Å²) in [5.41, 5.74) is 3.06. The van der Waals surface area contributed by atoms with Gasteiger partial charge in [-0.25, -0.2) is 4.99 Å². The topological polar surface area (TPSA) is 30.9 Å². The summed E-state index contributed by atoms with van der Waals surface area (Å²) in [6.07, 6.45) is 1.79. The van der Waals surface area contributed by atoms with E-state index in [1.807, 2.05) is 63.1 Å². The highest BCUT2D eigenvalue weighted by atomic mass is 32.1. The van der Waals surface area contributed by atoms with E-state index in [1.54, 1.807) is 6.34 Å². The molecule has 0 spiro atoms. The number of rotatable bonds is 3. The van der Waals surface area contributed by atoms with Crippen LogP contribution in [-0.4, -0.2) is 49.4 Å². The summed E-state index contributed by atoms with van der Waals surface area (Å²) in [4.78, 5) is 8.16. The lowest BCUT2D eigenvalue weighted by atomic mass is 10.2. The van der Waals surface area contributed by atoms with E-state index in [2.05, 4.69) is 10.3 Å². The molecule has 18 heavy (non-hydrogen) atoms. The number of benzene rings is 1. The molecule has 0 saturated carbocycles. The highest BCUT2D eigenvalue weighted by Gasteiger charge is 2.02. The van der Waals surface area contributed by atoms with Crippen LogP contribution in [0.15, 0.2) is 23.2 Å². The Balaban J connectivity index is 2.82. The summed E-state index contributed by atoms with van der Waals surface area (Å²) >= 11 is 5.20. The van der Waals surface area contributed by atoms with Gasteiger partial charge in [-0.05, 0) is 42.9 Å². The van der Waals surface area contributed by atoms with Crippen molar-refractivity contribution in [2.45, 2.75) is 6.92 Å². The molecule has 0 aromatic heterocycles. The van der Waals surface area contributed by atoms with E-state index in [9.17, 15) is 0 Å². The van der Waals surface area contributed by atoms with Crippen LogP contribution in [0.5, 0.6) is 0 Å². The molecule has 1 aromatic rings. The van der Waals surface area contributed by atoms with E-state index in [4.69, 9.17) is 12.2 Å². The van der Waals surface area contributed by atoms with Crippen molar-refractivity contribution >= 4 is 35.0 Å². The largest absolute Gasteiger partial charge is 0.369 e. The van der Waals surface area contributed by atoms with Gasteiger partial charge >= 0.3 is 0 Å². The van der Waals surface area contributed by atoms with Crippen molar-refractivity contribution in [1.82, 2.24) is 9.80 Å². The monoisotopic (exact) mass is 264 g/mol. The Morgan fingerprint density at radius 2 is 1.94 bits per heavy atom. The number of aliphatic imine (C=N–C) groups is 1. The summed E-state index contributed by atoms with van der Waals surface area (Å²) < 4.78 is 0. The van der Waals surface area contributed by atoms with E-state index in [0.717, 1.165) is 16.9 Å². The van der Waals surface area contributed by atoms with Crippen LogP contribution in [0.1, 0.15) is 5.56 Å². The molecule has 1 rings (SSSR count). The molecule has 0 saturated heterocycles. The van der Waals surface area contributed by atoms with Gasteiger partial charge in [-0.2, -0.15) is 0 Å². The van der Waals surface area contributed by atoms with E-state index in [-0.39, 0.29) is 0 Å². The van der Waals surface area contributed by atoms with Gasteiger partial charge in [-0.15, -0.1) is 0 Å². The van der Waals surface area contributed by atoms with E-state index < -0.39 is 0 Å². The third-order valence-corrected chi connectivity index (χ3v) is 2.75. The Labute approximate surface area is 114 Å². The van der Waals surface area contributed by atoms with Gasteiger partial charge in [0, 0.05) is 33.9 Å². The van der Waals surface area contributed by atoms with Crippen LogP contribution in [-0.2, 0) is 0 Å². The summed E-state index contributed by atoms with van der Waals surface area (Å²) in [6.45, 7) is 2.03. The second kappa shape index (κ2) is 6.35. The van der Waals surface area contributed by atoms with Crippen molar-refractivity contribution in [3.8, 4) is 0 Å². The number of thiocarbonyl (C=S) groups is 1. The van der Waals surface area contributed by atoms with Crippen molar-refractivity contribution in [1.29, 1.82) is 0 Å². The summed E-state index contributed by atoms with van der Waals surface area (Å²) in [6, 6.07) is 6.00. The standard InChI is InChI=1S/C13H20N4S/c1-10-8-11(15-13(18)17(4)5)6-7-12(10)14-9-16(2)3/h6-9H,1-5H3,(H,15,18). The lowest BCUT2D eigenvalue weighted by molar-refractivity contribution is 0.634. The van der Waals surface area contributed by atoms with Gasteiger partial charge in [0.05, 0.1) is 12.0 Å². The third-order valence-electron chi connectivity index (χ3n) is 2.28. The quantitative estimate of drug-likeness (QED) is 0.516. The Morgan fingerprint density at radius 3 is 2.44 bits per heavy atom. The van der Waals surface area contributed by atoms with Gasteiger partial charge in [0.25, 0.3) is 0 Å². The fraction of sp³-hybridized carbons (Fsp3) is 0.385. The molecular formula is C13H20N4S. The van der Waals surface area contributed by atoms with Crippen molar-refractivity contribution in [2.75, 3.05) is 33.5 Å². The molecule has 0 radical (unpaired) electrons. The fourth-order valence-corrected chi connectivity index (χ4v) is 1.41. The molecule has 0 aliphatic carbocycles. The second-order valence-electron chi connectivity index (χ2n) is 4.53. The van der Waals surface area contributed by atoms with Gasteiger partial charge in [-0.1, -0.05) is 0 Å². The molecule has 1 N–H and O–H groups in total. The maximum atomic E-state index is 5.20. The van der Waals surface area contributed by atoms with Crippen LogP contribution in [0.2, 0.25) is 0 Å². The Kier molecular flexibility index (Phi) is 5.09. The molecular weight excluding hydrogens is 244 g/mol. The molecule has 0 aliphatic rings. The molecule has 0 fully saturated rings. The lowest BCUT2D eigenvalue weighted by Gasteiger charge is -2.16. The summed E-state index contributed by atoms with van der Waals surface area (Å²) in [5, 5.41) is 3.86. The lowest BCUT2D eigenvalue weighted by Crippen LogP contribution is -2.26. The maximum Gasteiger partial charge on any atom is 0.172 e. The van der Waals surface area contributed by atoms with E-state index >= 15 is 0 Å². The predicted octanol–water partition coefficient (Wildman–Crippen LogP) is 2.47. The maximum absolute atomic E-state index is 5.20. The summed E-state index contributed by atoms with van der Waals surface area (Å²) in [5.74, 6) is 0. The normalized spacial score (nSPS) is 10.5. The van der Waals surface area contributed by atoms with Gasteiger partial charge in [0.15, 0.2) is 5.11 Å². The van der Waals surface area contributed by atoms with Crippen molar-refractivity contribution < 1.29 is 0 Å². The Morgan fingerprint density at radius 1 is 1.28 bits per heavy atom. The van der Waals surface area contributed by atoms with E-state index in [1.165, 1.54) is 0 Å². The predicted molar refractivity (Wildman–Crippen MR) is 82.9 cm³/mol. The first kappa shape index (κ1) is 14.4. The van der Waals surface area contributed by atoms with Gasteiger partial charge in [-0.3, -0.25) is 0 Å². The molecule has 0 bridgehead atoms. The second-order valence-corrected chi connectivity index (χ2v) is 4.92. The fourth-order valence-electron chi connectivity index (χ4n) is 1.29. The van der Waals surface area contributed by atoms with Crippen molar-refractivity contribution in [2.24, 2.45) is 4.99 Å². The average Bonchev–Trinajstić information content (AvgIpc) is 2.27. The zero-order valence-electron chi connectivity index (χ0n) is 11.6. The highest BCUT2D eigenvalue weighted by Crippen LogP contribution is 2.22. The number of anilines is 1. The SMILES string of the molecule is Cc1cc(NC(=S)N(C)C)ccc1N=CN(C)C. The zero-order chi connectivity index (χ0) is 13.7. The highest BCUT2D eigenvalue weighted by molar-refractivity contribution is 7.80. The zero-order valence-corrected chi connectivity index (χ0v) is 12.4. The van der Waals surface area contributed by atoms with Crippen LogP contribution in [0.4, 0.5) is 11.4 Å². The summed E-state index contributed by atoms with van der Waals surface area (Å²) in [7, 11) is 7.73. The molecule has 0 atom stereocenters. The average molecular weight is 264 g/mol. The molecule has 5 heteroatoms. The first-order chi connectivity index (χ1) is 8.40. The molecule has 0 amide bonds. The molecule has 0 aliphatic heterocycles. The van der Waals surface area contributed by atoms with Crippen LogP contribution in [0, 0.1) is 6.92 Å². The molecule has 1 aromatic carbocycles. The number of hydrogen-bond donors (Lipinski definition) is 1. The minimum atomic E-state index is 0.693. The van der Waals surface area contributed by atoms with Crippen molar-refractivity contribution in [3.05, 3.63) is 23.8 Å². The molecule has 0 unspecified atom stereocenters. The van der Waals surface area contributed by atoms with Crippen LogP contribution < -0.4 is 5.32 Å². The first-order valence-corrected chi connectivity index (χ1v) is 6.10. The molecule has 4 nitrogen and oxygen atoms in total. The molecule has 0 heterocycles. The van der Waals surface area contributed by atoms with Gasteiger partial charge in [0.1, 0.15) is 0 Å². The van der Waals surface area contributed by atoms with Crippen LogP contribution >= 0.6 is 12.2 Å². The van der Waals surface area contributed by atoms with Crippen LogP contribution in [0.25, 0.3) is 0 Å².